The Morgan fingerprint density at radius 2 is 1.91 bits per heavy atom. The minimum Gasteiger partial charge on any atom is -0.461 e. The third-order valence-electron chi connectivity index (χ3n) is 3.63. The molecule has 108 valence electrons. The van der Waals surface area contributed by atoms with Crippen molar-refractivity contribution < 1.29 is 4.42 Å². The first-order valence-corrected chi connectivity index (χ1v) is 7.84. The van der Waals surface area contributed by atoms with E-state index in [1.807, 2.05) is 42.5 Å². The number of aromatic nitrogens is 2. The first-order chi connectivity index (χ1) is 10.8. The molecule has 0 aliphatic rings. The zero-order valence-electron chi connectivity index (χ0n) is 11.7. The lowest BCUT2D eigenvalue weighted by molar-refractivity contribution is 0.572. The van der Waals surface area contributed by atoms with Crippen LogP contribution in [0.25, 0.3) is 22.6 Å². The van der Waals surface area contributed by atoms with Gasteiger partial charge in [-0.1, -0.05) is 40.2 Å². The maximum absolute atomic E-state index is 5.56. The Bertz CT molecular complexity index is 925. The second kappa shape index (κ2) is 5.46. The van der Waals surface area contributed by atoms with E-state index in [0.717, 1.165) is 33.6 Å². The third-order valence-corrected chi connectivity index (χ3v) is 4.12. The van der Waals surface area contributed by atoms with Gasteiger partial charge in [0.05, 0.1) is 17.3 Å². The van der Waals surface area contributed by atoms with E-state index in [2.05, 4.69) is 38.7 Å². The van der Waals surface area contributed by atoms with Gasteiger partial charge >= 0.3 is 0 Å². The van der Waals surface area contributed by atoms with Crippen molar-refractivity contribution in [2.45, 2.75) is 6.54 Å². The molecule has 4 rings (SSSR count). The maximum atomic E-state index is 5.56. The molecule has 2 aromatic carbocycles. The van der Waals surface area contributed by atoms with E-state index in [1.54, 1.807) is 6.26 Å². The zero-order chi connectivity index (χ0) is 14.9. The standard InChI is InChI=1S/C18H13BrN2O/c19-14-6-3-5-13(11-14)12-21-16-8-2-1-7-15(16)20-18(21)17-9-4-10-22-17/h1-11H,12H2. The molecular formula is C18H13BrN2O. The molecule has 0 saturated heterocycles. The van der Waals surface area contributed by atoms with Gasteiger partial charge in [-0.2, -0.15) is 0 Å². The summed E-state index contributed by atoms with van der Waals surface area (Å²) in [5.74, 6) is 1.64. The molecule has 2 aromatic heterocycles. The molecule has 0 fully saturated rings. The maximum Gasteiger partial charge on any atom is 0.177 e. The Kier molecular flexibility index (Phi) is 3.31. The summed E-state index contributed by atoms with van der Waals surface area (Å²) >= 11 is 3.53. The highest BCUT2D eigenvalue weighted by Crippen LogP contribution is 2.26. The third kappa shape index (κ3) is 2.35. The Labute approximate surface area is 136 Å². The molecule has 0 unspecified atom stereocenters. The number of nitrogens with zero attached hydrogens (tertiary/aromatic N) is 2. The summed E-state index contributed by atoms with van der Waals surface area (Å²) in [6.07, 6.45) is 1.68. The molecule has 0 bridgehead atoms. The number of imidazole rings is 1. The van der Waals surface area contributed by atoms with Crippen LogP contribution in [0.2, 0.25) is 0 Å². The summed E-state index contributed by atoms with van der Waals surface area (Å²) in [6, 6.07) is 20.3. The number of hydrogen-bond donors (Lipinski definition) is 0. The van der Waals surface area contributed by atoms with Gasteiger partial charge in [-0.3, -0.25) is 0 Å². The Morgan fingerprint density at radius 3 is 2.73 bits per heavy atom. The van der Waals surface area contributed by atoms with Crippen molar-refractivity contribution >= 4 is 27.0 Å². The largest absolute Gasteiger partial charge is 0.461 e. The molecule has 4 aromatic rings. The molecule has 0 amide bonds. The lowest BCUT2D eigenvalue weighted by atomic mass is 10.2. The highest BCUT2D eigenvalue weighted by molar-refractivity contribution is 9.10. The van der Waals surface area contributed by atoms with Crippen molar-refractivity contribution in [1.29, 1.82) is 0 Å². The predicted octanol–water partition coefficient (Wildman–Crippen LogP) is 5.11. The monoisotopic (exact) mass is 352 g/mol. The average Bonchev–Trinajstić information content (AvgIpc) is 3.15. The van der Waals surface area contributed by atoms with Gasteiger partial charge in [0.1, 0.15) is 0 Å². The number of halogens is 1. The Morgan fingerprint density at radius 1 is 1.00 bits per heavy atom. The van der Waals surface area contributed by atoms with Crippen molar-refractivity contribution in [1.82, 2.24) is 9.55 Å². The van der Waals surface area contributed by atoms with Crippen LogP contribution >= 0.6 is 15.9 Å². The molecule has 0 aliphatic heterocycles. The molecule has 4 heteroatoms. The van der Waals surface area contributed by atoms with E-state index in [4.69, 9.17) is 9.40 Å². The first-order valence-electron chi connectivity index (χ1n) is 7.05. The van der Waals surface area contributed by atoms with Crippen molar-refractivity contribution in [3.8, 4) is 11.6 Å². The van der Waals surface area contributed by atoms with E-state index < -0.39 is 0 Å². The number of hydrogen-bond acceptors (Lipinski definition) is 2. The van der Waals surface area contributed by atoms with Crippen molar-refractivity contribution in [2.24, 2.45) is 0 Å². The van der Waals surface area contributed by atoms with E-state index in [0.29, 0.717) is 0 Å². The number of fused-ring (bicyclic) bond motifs is 1. The summed E-state index contributed by atoms with van der Waals surface area (Å²) in [5.41, 5.74) is 3.29. The lowest BCUT2D eigenvalue weighted by Gasteiger charge is -2.08. The van der Waals surface area contributed by atoms with Crippen LogP contribution in [0, 0.1) is 0 Å². The van der Waals surface area contributed by atoms with Gasteiger partial charge in [0.2, 0.25) is 0 Å². The molecule has 0 radical (unpaired) electrons. The fraction of sp³-hybridized carbons (Fsp3) is 0.0556. The Balaban J connectivity index is 1.89. The first kappa shape index (κ1) is 13.3. The summed E-state index contributed by atoms with van der Waals surface area (Å²) in [7, 11) is 0. The predicted molar refractivity (Wildman–Crippen MR) is 90.7 cm³/mol. The topological polar surface area (TPSA) is 31.0 Å². The molecule has 0 aliphatic carbocycles. The highest BCUT2D eigenvalue weighted by Gasteiger charge is 2.14. The van der Waals surface area contributed by atoms with Crippen LogP contribution in [0.3, 0.4) is 0 Å². The molecule has 22 heavy (non-hydrogen) atoms. The van der Waals surface area contributed by atoms with Crippen molar-refractivity contribution in [3.05, 3.63) is 77.0 Å². The van der Waals surface area contributed by atoms with E-state index >= 15 is 0 Å². The molecular weight excluding hydrogens is 340 g/mol. The van der Waals surface area contributed by atoms with Gasteiger partial charge in [0, 0.05) is 11.0 Å². The second-order valence-electron chi connectivity index (χ2n) is 5.12. The summed E-state index contributed by atoms with van der Waals surface area (Å²) in [6.45, 7) is 0.746. The summed E-state index contributed by atoms with van der Waals surface area (Å²) in [5, 5.41) is 0. The van der Waals surface area contributed by atoms with Crippen LogP contribution in [0.15, 0.2) is 75.8 Å². The van der Waals surface area contributed by atoms with Gasteiger partial charge in [-0.05, 0) is 42.0 Å². The van der Waals surface area contributed by atoms with Gasteiger partial charge in [-0.25, -0.2) is 4.98 Å². The van der Waals surface area contributed by atoms with Crippen molar-refractivity contribution in [2.75, 3.05) is 0 Å². The molecule has 0 atom stereocenters. The Hall–Kier alpha value is -2.33. The minimum atomic E-state index is 0.746. The zero-order valence-corrected chi connectivity index (χ0v) is 13.3. The SMILES string of the molecule is Brc1cccc(Cn2c(-c3ccco3)nc3ccccc32)c1. The fourth-order valence-electron chi connectivity index (χ4n) is 2.65. The van der Waals surface area contributed by atoms with Gasteiger partial charge in [0.25, 0.3) is 0 Å². The van der Waals surface area contributed by atoms with Crippen LogP contribution in [-0.2, 0) is 6.54 Å². The summed E-state index contributed by atoms with van der Waals surface area (Å²) in [4.78, 5) is 4.73. The molecule has 0 N–H and O–H groups in total. The van der Waals surface area contributed by atoms with Crippen molar-refractivity contribution in [3.63, 3.8) is 0 Å². The smallest absolute Gasteiger partial charge is 0.177 e. The number of benzene rings is 2. The summed E-state index contributed by atoms with van der Waals surface area (Å²) < 4.78 is 8.83. The van der Waals surface area contributed by atoms with Gasteiger partial charge < -0.3 is 8.98 Å². The second-order valence-corrected chi connectivity index (χ2v) is 6.03. The lowest BCUT2D eigenvalue weighted by Crippen LogP contribution is -2.01. The fourth-order valence-corrected chi connectivity index (χ4v) is 3.09. The highest BCUT2D eigenvalue weighted by atomic mass is 79.9. The van der Waals surface area contributed by atoms with Crippen LogP contribution in [0.5, 0.6) is 0 Å². The van der Waals surface area contributed by atoms with Crippen LogP contribution in [0.4, 0.5) is 0 Å². The molecule has 2 heterocycles. The average molecular weight is 353 g/mol. The minimum absolute atomic E-state index is 0.746. The number of rotatable bonds is 3. The number of para-hydroxylation sites is 2. The van der Waals surface area contributed by atoms with Crippen LogP contribution < -0.4 is 0 Å². The van der Waals surface area contributed by atoms with Gasteiger partial charge in [0.15, 0.2) is 11.6 Å². The van der Waals surface area contributed by atoms with E-state index in [9.17, 15) is 0 Å². The van der Waals surface area contributed by atoms with Gasteiger partial charge in [-0.15, -0.1) is 0 Å². The number of furan rings is 1. The quantitative estimate of drug-likeness (QED) is 0.513. The van der Waals surface area contributed by atoms with Crippen LogP contribution in [-0.4, -0.2) is 9.55 Å². The molecule has 3 nitrogen and oxygen atoms in total. The molecule has 0 spiro atoms. The molecule has 0 saturated carbocycles. The normalized spacial score (nSPS) is 11.1. The van der Waals surface area contributed by atoms with E-state index in [-0.39, 0.29) is 0 Å². The van der Waals surface area contributed by atoms with Crippen LogP contribution in [0.1, 0.15) is 5.56 Å². The van der Waals surface area contributed by atoms with E-state index in [1.165, 1.54) is 5.56 Å².